The van der Waals surface area contributed by atoms with Gasteiger partial charge in [-0.25, -0.2) is 5.43 Å². The second kappa shape index (κ2) is 8.12. The Balaban J connectivity index is 1.58. The van der Waals surface area contributed by atoms with Crippen LogP contribution >= 0.6 is 0 Å². The van der Waals surface area contributed by atoms with Crippen LogP contribution < -0.4 is 15.2 Å². The minimum Gasteiger partial charge on any atom is -0.341 e. The molecule has 7 heteroatoms. The molecule has 1 N–H and O–H groups in total. The third-order valence-corrected chi connectivity index (χ3v) is 5.49. The molecule has 2 aliphatic rings. The molecule has 2 saturated heterocycles. The fourth-order valence-electron chi connectivity index (χ4n) is 4.07. The van der Waals surface area contributed by atoms with Crippen molar-refractivity contribution in [3.05, 3.63) is 34.4 Å². The number of nitrogens with zero attached hydrogens (tertiary/aromatic N) is 6. The van der Waals surface area contributed by atoms with E-state index in [-0.39, 0.29) is 0 Å². The molecule has 2 aromatic rings. The molecule has 0 spiro atoms. The van der Waals surface area contributed by atoms with Crippen LogP contribution in [0.2, 0.25) is 0 Å². The van der Waals surface area contributed by atoms with Gasteiger partial charge in [0.2, 0.25) is 17.8 Å². The van der Waals surface area contributed by atoms with Crippen LogP contribution in [-0.2, 0) is 0 Å². The molecule has 2 fully saturated rings. The molecule has 0 amide bonds. The van der Waals surface area contributed by atoms with Crippen LogP contribution in [0.5, 0.6) is 0 Å². The Hall–Kier alpha value is -2.70. The summed E-state index contributed by atoms with van der Waals surface area (Å²) in [5.74, 6) is 2.03. The van der Waals surface area contributed by atoms with E-state index in [9.17, 15) is 0 Å². The van der Waals surface area contributed by atoms with Gasteiger partial charge < -0.3 is 9.80 Å². The summed E-state index contributed by atoms with van der Waals surface area (Å²) in [6, 6.07) is 4.35. The van der Waals surface area contributed by atoms with Crippen molar-refractivity contribution in [2.75, 3.05) is 41.4 Å². The van der Waals surface area contributed by atoms with Crippen molar-refractivity contribution in [2.45, 2.75) is 46.5 Å². The zero-order chi connectivity index (χ0) is 19.5. The maximum Gasteiger partial charge on any atom is 0.250 e. The average Bonchev–Trinajstić information content (AvgIpc) is 3.37. The SMILES string of the molecule is Cc1cc(C)c(/C=N/Nc2nc(N3CCCC3)nc(N3CCCC3)n2)c(C)c1. The van der Waals surface area contributed by atoms with Crippen molar-refractivity contribution >= 4 is 24.1 Å². The molecule has 7 nitrogen and oxygen atoms in total. The summed E-state index contributed by atoms with van der Waals surface area (Å²) in [5.41, 5.74) is 7.88. The molecule has 4 rings (SSSR count). The lowest BCUT2D eigenvalue weighted by atomic mass is 10.0. The third kappa shape index (κ3) is 4.08. The van der Waals surface area contributed by atoms with Crippen molar-refractivity contribution < 1.29 is 0 Å². The maximum absolute atomic E-state index is 4.74. The Labute approximate surface area is 166 Å². The first-order chi connectivity index (χ1) is 13.6. The smallest absolute Gasteiger partial charge is 0.250 e. The van der Waals surface area contributed by atoms with Crippen molar-refractivity contribution in [2.24, 2.45) is 5.10 Å². The number of rotatable bonds is 5. The normalized spacial score (nSPS) is 17.1. The highest BCUT2D eigenvalue weighted by molar-refractivity contribution is 5.84. The van der Waals surface area contributed by atoms with E-state index >= 15 is 0 Å². The summed E-state index contributed by atoms with van der Waals surface area (Å²) in [6.45, 7) is 10.4. The minimum absolute atomic E-state index is 0.512. The first-order valence-electron chi connectivity index (χ1n) is 10.2. The van der Waals surface area contributed by atoms with E-state index < -0.39 is 0 Å². The zero-order valence-corrected chi connectivity index (χ0v) is 17.1. The average molecular weight is 380 g/mol. The first-order valence-corrected chi connectivity index (χ1v) is 10.2. The standard InChI is InChI=1S/C21H29N7/c1-15-12-16(2)18(17(3)13-15)14-22-26-19-23-20(27-8-4-5-9-27)25-21(24-19)28-10-6-7-11-28/h12-14H,4-11H2,1-3H3,(H,23,24,25,26)/b22-14+. The lowest BCUT2D eigenvalue weighted by Gasteiger charge is -2.20. The Kier molecular flexibility index (Phi) is 5.41. The monoisotopic (exact) mass is 379 g/mol. The third-order valence-electron chi connectivity index (χ3n) is 5.49. The number of anilines is 3. The van der Waals surface area contributed by atoms with Gasteiger partial charge in [0.1, 0.15) is 0 Å². The van der Waals surface area contributed by atoms with E-state index in [1.807, 2.05) is 6.21 Å². The molecule has 1 aromatic heterocycles. The predicted octanol–water partition coefficient (Wildman–Crippen LogP) is 3.44. The Morgan fingerprint density at radius 1 is 0.821 bits per heavy atom. The topological polar surface area (TPSA) is 69.5 Å². The van der Waals surface area contributed by atoms with Crippen LogP contribution in [0.3, 0.4) is 0 Å². The highest BCUT2D eigenvalue weighted by Crippen LogP contribution is 2.23. The van der Waals surface area contributed by atoms with E-state index in [1.165, 1.54) is 42.4 Å². The summed E-state index contributed by atoms with van der Waals surface area (Å²) in [7, 11) is 0. The summed E-state index contributed by atoms with van der Waals surface area (Å²) in [4.78, 5) is 18.5. The predicted molar refractivity (Wildman–Crippen MR) is 115 cm³/mol. The van der Waals surface area contributed by atoms with Gasteiger partial charge in [-0.3, -0.25) is 0 Å². The van der Waals surface area contributed by atoms with E-state index in [0.29, 0.717) is 5.95 Å². The number of hydrazone groups is 1. The fraction of sp³-hybridized carbons (Fsp3) is 0.524. The van der Waals surface area contributed by atoms with E-state index in [1.54, 1.807) is 0 Å². The van der Waals surface area contributed by atoms with Crippen LogP contribution in [-0.4, -0.2) is 47.3 Å². The largest absolute Gasteiger partial charge is 0.341 e. The van der Waals surface area contributed by atoms with Gasteiger partial charge in [0.05, 0.1) is 6.21 Å². The van der Waals surface area contributed by atoms with Gasteiger partial charge in [0.15, 0.2) is 0 Å². The molecule has 148 valence electrons. The number of hydrogen-bond acceptors (Lipinski definition) is 7. The molecule has 1 aromatic carbocycles. The Bertz CT molecular complexity index is 808. The molecule has 3 heterocycles. The van der Waals surface area contributed by atoms with E-state index in [0.717, 1.165) is 43.6 Å². The number of nitrogens with one attached hydrogen (secondary N) is 1. The second-order valence-electron chi connectivity index (χ2n) is 7.83. The molecule has 0 radical (unpaired) electrons. The molecular formula is C21H29N7. The molecule has 0 unspecified atom stereocenters. The highest BCUT2D eigenvalue weighted by Gasteiger charge is 2.21. The van der Waals surface area contributed by atoms with Crippen molar-refractivity contribution in [1.82, 2.24) is 15.0 Å². The molecule has 0 atom stereocenters. The molecular weight excluding hydrogens is 350 g/mol. The van der Waals surface area contributed by atoms with Gasteiger partial charge in [0, 0.05) is 31.7 Å². The molecule has 0 saturated carbocycles. The van der Waals surface area contributed by atoms with Gasteiger partial charge in [-0.15, -0.1) is 0 Å². The van der Waals surface area contributed by atoms with Gasteiger partial charge in [0.25, 0.3) is 0 Å². The first kappa shape index (κ1) is 18.7. The van der Waals surface area contributed by atoms with Gasteiger partial charge in [-0.1, -0.05) is 17.7 Å². The number of hydrogen-bond donors (Lipinski definition) is 1. The Morgan fingerprint density at radius 3 is 1.82 bits per heavy atom. The lowest BCUT2D eigenvalue weighted by molar-refractivity contribution is 0.838. The molecule has 28 heavy (non-hydrogen) atoms. The van der Waals surface area contributed by atoms with Crippen LogP contribution in [0, 0.1) is 20.8 Å². The van der Waals surface area contributed by atoms with Gasteiger partial charge in [-0.2, -0.15) is 20.1 Å². The molecule has 0 bridgehead atoms. The molecule has 0 aliphatic carbocycles. The molecule has 2 aliphatic heterocycles. The van der Waals surface area contributed by atoms with Crippen LogP contribution in [0.1, 0.15) is 47.9 Å². The number of aromatic nitrogens is 3. The quantitative estimate of drug-likeness (QED) is 0.634. The number of benzene rings is 1. The maximum atomic E-state index is 4.74. The second-order valence-corrected chi connectivity index (χ2v) is 7.83. The van der Waals surface area contributed by atoms with Crippen molar-refractivity contribution in [1.29, 1.82) is 0 Å². The van der Waals surface area contributed by atoms with Crippen LogP contribution in [0.4, 0.5) is 17.8 Å². The highest BCUT2D eigenvalue weighted by atomic mass is 15.4. The van der Waals surface area contributed by atoms with Crippen molar-refractivity contribution in [3.8, 4) is 0 Å². The number of aryl methyl sites for hydroxylation is 3. The lowest BCUT2D eigenvalue weighted by Crippen LogP contribution is -2.25. The van der Waals surface area contributed by atoms with E-state index in [2.05, 4.69) is 63.2 Å². The van der Waals surface area contributed by atoms with Crippen LogP contribution in [0.15, 0.2) is 17.2 Å². The Morgan fingerprint density at radius 2 is 1.32 bits per heavy atom. The van der Waals surface area contributed by atoms with Crippen LogP contribution in [0.25, 0.3) is 0 Å². The fourth-order valence-corrected chi connectivity index (χ4v) is 4.07. The minimum atomic E-state index is 0.512. The van der Waals surface area contributed by atoms with Crippen molar-refractivity contribution in [3.63, 3.8) is 0 Å². The summed E-state index contributed by atoms with van der Waals surface area (Å²) >= 11 is 0. The summed E-state index contributed by atoms with van der Waals surface area (Å²) < 4.78 is 0. The van der Waals surface area contributed by atoms with E-state index in [4.69, 9.17) is 4.98 Å². The van der Waals surface area contributed by atoms with Gasteiger partial charge >= 0.3 is 0 Å². The van der Waals surface area contributed by atoms with Gasteiger partial charge in [-0.05, 0) is 57.6 Å². The zero-order valence-electron chi connectivity index (χ0n) is 17.1. The summed E-state index contributed by atoms with van der Waals surface area (Å²) in [6.07, 6.45) is 6.63. The summed E-state index contributed by atoms with van der Waals surface area (Å²) in [5, 5.41) is 4.43.